The number of alkyl halides is 1. The van der Waals surface area contributed by atoms with E-state index >= 15 is 0 Å². The summed E-state index contributed by atoms with van der Waals surface area (Å²) in [5.74, 6) is 0.0904. The van der Waals surface area contributed by atoms with Crippen LogP contribution in [0.25, 0.3) is 11.4 Å². The molecule has 0 spiro atoms. The van der Waals surface area contributed by atoms with E-state index in [0.29, 0.717) is 18.9 Å². The predicted octanol–water partition coefficient (Wildman–Crippen LogP) is 2.64. The van der Waals surface area contributed by atoms with E-state index in [9.17, 15) is 13.6 Å². The second-order valence-corrected chi connectivity index (χ2v) is 8.51. The SMILES string of the molecule is C[C@H]1CN(c2cc(F)cc(-c3ncnc4c3[C@@H](C(C)(F)P)OC(=O)N4)n2)CCN1. The van der Waals surface area contributed by atoms with Crippen LogP contribution in [-0.2, 0) is 4.74 Å². The number of cyclic esters (lactones) is 1. The number of fused-ring (bicyclic) bond motifs is 1. The summed E-state index contributed by atoms with van der Waals surface area (Å²) in [4.78, 5) is 26.6. The van der Waals surface area contributed by atoms with Crippen LogP contribution in [0.2, 0.25) is 0 Å². The molecular weight excluding hydrogens is 401 g/mol. The molecule has 11 heteroatoms. The third-order valence-electron chi connectivity index (χ3n) is 4.82. The second kappa shape index (κ2) is 7.42. The number of carbonyl (C=O) groups excluding carboxylic acids is 1. The molecule has 1 amide bonds. The second-order valence-electron chi connectivity index (χ2n) is 7.38. The third kappa shape index (κ3) is 4.00. The van der Waals surface area contributed by atoms with Gasteiger partial charge in [0.15, 0.2) is 11.5 Å². The summed E-state index contributed by atoms with van der Waals surface area (Å²) in [5.41, 5.74) is 0.629. The van der Waals surface area contributed by atoms with Gasteiger partial charge in [-0.2, -0.15) is 0 Å². The summed E-state index contributed by atoms with van der Waals surface area (Å²) in [5, 5.41) is 3.78. The molecule has 2 unspecified atom stereocenters. The minimum Gasteiger partial charge on any atom is -0.437 e. The number of aromatic nitrogens is 3. The number of ether oxygens (including phenoxy) is 1. The number of hydrogen-bond acceptors (Lipinski definition) is 7. The maximum Gasteiger partial charge on any atom is 0.413 e. The molecule has 0 aromatic carbocycles. The van der Waals surface area contributed by atoms with Crippen LogP contribution in [0.1, 0.15) is 25.5 Å². The molecule has 0 aliphatic carbocycles. The monoisotopic (exact) mass is 422 g/mol. The minimum atomic E-state index is -1.99. The van der Waals surface area contributed by atoms with E-state index < -0.39 is 23.4 Å². The average Bonchev–Trinajstić information content (AvgIpc) is 2.65. The van der Waals surface area contributed by atoms with Gasteiger partial charge in [-0.1, -0.05) is 9.24 Å². The molecular formula is C18H21F2N6O2P. The first-order chi connectivity index (χ1) is 13.7. The van der Waals surface area contributed by atoms with Gasteiger partial charge in [-0.3, -0.25) is 5.32 Å². The fraction of sp³-hybridized carbons (Fsp3) is 0.444. The molecule has 0 bridgehead atoms. The predicted molar refractivity (Wildman–Crippen MR) is 107 cm³/mol. The van der Waals surface area contributed by atoms with Crippen molar-refractivity contribution in [2.75, 3.05) is 29.9 Å². The molecule has 2 aliphatic heterocycles. The number of anilines is 2. The first-order valence-corrected chi connectivity index (χ1v) is 9.76. The minimum absolute atomic E-state index is 0.117. The van der Waals surface area contributed by atoms with Crippen molar-refractivity contribution in [3.05, 3.63) is 29.8 Å². The summed E-state index contributed by atoms with van der Waals surface area (Å²) in [6.07, 6.45) is -0.893. The smallest absolute Gasteiger partial charge is 0.413 e. The van der Waals surface area contributed by atoms with Crippen molar-refractivity contribution < 1.29 is 18.3 Å². The number of rotatable bonds is 3. The lowest BCUT2D eigenvalue weighted by molar-refractivity contribution is 0.0386. The molecule has 29 heavy (non-hydrogen) atoms. The van der Waals surface area contributed by atoms with Crippen LogP contribution in [0, 0.1) is 5.82 Å². The summed E-state index contributed by atoms with van der Waals surface area (Å²) in [7, 11) is 2.01. The highest BCUT2D eigenvalue weighted by Crippen LogP contribution is 2.45. The number of nitrogens with zero attached hydrogens (tertiary/aromatic N) is 4. The molecule has 2 N–H and O–H groups in total. The van der Waals surface area contributed by atoms with Gasteiger partial charge in [0.2, 0.25) is 0 Å². The van der Waals surface area contributed by atoms with Gasteiger partial charge in [-0.15, -0.1) is 0 Å². The van der Waals surface area contributed by atoms with E-state index in [1.807, 2.05) is 21.1 Å². The van der Waals surface area contributed by atoms with Gasteiger partial charge in [0, 0.05) is 37.8 Å². The van der Waals surface area contributed by atoms with Crippen molar-refractivity contribution in [2.24, 2.45) is 0 Å². The quantitative estimate of drug-likeness (QED) is 0.735. The van der Waals surface area contributed by atoms with E-state index in [-0.39, 0.29) is 28.8 Å². The zero-order valence-corrected chi connectivity index (χ0v) is 17.1. The molecule has 1 saturated heterocycles. The fourth-order valence-electron chi connectivity index (χ4n) is 3.54. The highest BCUT2D eigenvalue weighted by Gasteiger charge is 2.42. The molecule has 0 saturated carbocycles. The number of hydrogen-bond donors (Lipinski definition) is 2. The van der Waals surface area contributed by atoms with Crippen LogP contribution in [-0.4, -0.2) is 52.1 Å². The largest absolute Gasteiger partial charge is 0.437 e. The standard InChI is InChI=1S/C18H21F2N6O2P/c1-9-7-26(4-3-21-9)12-6-10(19)5-11(24-12)14-13-15(18(2,20)29)28-17(27)25-16(13)23-8-22-14/h5-6,8-9,15,21H,3-4,7,29H2,1-2H3,(H,22,23,25,27)/t9-,15-,18?/m0/s1. The Kier molecular flexibility index (Phi) is 5.08. The molecule has 1 fully saturated rings. The summed E-state index contributed by atoms with van der Waals surface area (Å²) in [6.45, 7) is 5.41. The van der Waals surface area contributed by atoms with E-state index in [1.165, 1.54) is 25.4 Å². The zero-order valence-electron chi connectivity index (χ0n) is 15.9. The first-order valence-electron chi connectivity index (χ1n) is 9.19. The van der Waals surface area contributed by atoms with Crippen LogP contribution in [0.4, 0.5) is 25.2 Å². The van der Waals surface area contributed by atoms with Crippen LogP contribution >= 0.6 is 9.24 Å². The number of nitrogens with one attached hydrogen (secondary N) is 2. The van der Waals surface area contributed by atoms with Crippen LogP contribution in [0.15, 0.2) is 18.5 Å². The van der Waals surface area contributed by atoms with Gasteiger partial charge in [0.05, 0.1) is 11.3 Å². The molecule has 4 heterocycles. The summed E-state index contributed by atoms with van der Waals surface area (Å²) >= 11 is 0. The molecule has 2 aliphatic rings. The number of halogens is 2. The normalized spacial score (nSPS) is 23.6. The molecule has 8 nitrogen and oxygen atoms in total. The Labute approximate surface area is 168 Å². The van der Waals surface area contributed by atoms with E-state index in [1.54, 1.807) is 0 Å². The van der Waals surface area contributed by atoms with Crippen molar-refractivity contribution in [1.29, 1.82) is 0 Å². The molecule has 0 radical (unpaired) electrons. The Morgan fingerprint density at radius 2 is 2.17 bits per heavy atom. The van der Waals surface area contributed by atoms with Crippen LogP contribution < -0.4 is 15.5 Å². The van der Waals surface area contributed by atoms with Crippen LogP contribution in [0.3, 0.4) is 0 Å². The number of piperazine rings is 1. The maximum absolute atomic E-state index is 14.8. The Bertz CT molecular complexity index is 954. The lowest BCUT2D eigenvalue weighted by Gasteiger charge is -2.33. The summed E-state index contributed by atoms with van der Waals surface area (Å²) < 4.78 is 34.5. The van der Waals surface area contributed by atoms with E-state index in [0.717, 1.165) is 6.54 Å². The Morgan fingerprint density at radius 3 is 2.90 bits per heavy atom. The molecule has 154 valence electrons. The Hall–Kier alpha value is -2.45. The van der Waals surface area contributed by atoms with Crippen molar-refractivity contribution in [2.45, 2.75) is 31.4 Å². The van der Waals surface area contributed by atoms with Crippen molar-refractivity contribution >= 4 is 27.0 Å². The van der Waals surface area contributed by atoms with Crippen molar-refractivity contribution in [3.63, 3.8) is 0 Å². The van der Waals surface area contributed by atoms with Gasteiger partial charge in [0.25, 0.3) is 0 Å². The zero-order chi connectivity index (χ0) is 20.8. The van der Waals surface area contributed by atoms with Crippen molar-refractivity contribution in [1.82, 2.24) is 20.3 Å². The van der Waals surface area contributed by atoms with Gasteiger partial charge in [0.1, 0.15) is 29.5 Å². The number of carbonyl (C=O) groups is 1. The van der Waals surface area contributed by atoms with Gasteiger partial charge < -0.3 is 15.0 Å². The number of amides is 1. The molecule has 2 aromatic heterocycles. The lowest BCUT2D eigenvalue weighted by Crippen LogP contribution is -2.49. The van der Waals surface area contributed by atoms with Crippen molar-refractivity contribution in [3.8, 4) is 11.4 Å². The van der Waals surface area contributed by atoms with Crippen LogP contribution in [0.5, 0.6) is 0 Å². The topological polar surface area (TPSA) is 92.3 Å². The molecule has 4 atom stereocenters. The number of pyridine rings is 1. The lowest BCUT2D eigenvalue weighted by atomic mass is 10.0. The van der Waals surface area contributed by atoms with E-state index in [2.05, 4.69) is 25.6 Å². The highest BCUT2D eigenvalue weighted by atomic mass is 31.0. The Morgan fingerprint density at radius 1 is 1.38 bits per heavy atom. The maximum atomic E-state index is 14.8. The summed E-state index contributed by atoms with van der Waals surface area (Å²) in [6, 6.07) is 2.82. The average molecular weight is 422 g/mol. The van der Waals surface area contributed by atoms with Gasteiger partial charge >= 0.3 is 6.09 Å². The molecule has 4 rings (SSSR count). The van der Waals surface area contributed by atoms with E-state index in [4.69, 9.17) is 4.74 Å². The third-order valence-corrected chi connectivity index (χ3v) is 5.12. The Balaban J connectivity index is 1.82. The molecule has 2 aromatic rings. The van der Waals surface area contributed by atoms with Gasteiger partial charge in [-0.05, 0) is 13.8 Å². The van der Waals surface area contributed by atoms with Gasteiger partial charge in [-0.25, -0.2) is 28.5 Å². The fourth-order valence-corrected chi connectivity index (χ4v) is 3.78. The highest BCUT2D eigenvalue weighted by molar-refractivity contribution is 7.18. The first kappa shape index (κ1) is 19.8.